The maximum Gasteiger partial charge on any atom is 0.255 e. The minimum Gasteiger partial charge on any atom is -0.321 e. The third-order valence-electron chi connectivity index (χ3n) is 10.7. The normalized spacial score (nSPS) is 12.3. The third kappa shape index (κ3) is 7.42. The lowest BCUT2D eigenvalue weighted by atomic mass is 9.82. The van der Waals surface area contributed by atoms with E-state index in [0.717, 1.165) is 0 Å². The summed E-state index contributed by atoms with van der Waals surface area (Å²) in [7, 11) is 0. The first kappa shape index (κ1) is 41.1. The number of rotatable bonds is 8. The van der Waals surface area contributed by atoms with Crippen LogP contribution in [0.4, 0.5) is 22.7 Å². The quantitative estimate of drug-likeness (QED) is 0.116. The molecule has 2 aliphatic carbocycles. The number of anilines is 4. The number of amides is 4. The number of hydrogen-bond acceptors (Lipinski definition) is 8. The Morgan fingerprint density at radius 2 is 0.578 bits per heavy atom. The Balaban J connectivity index is 0.983. The second-order valence-corrected chi connectivity index (χ2v) is 15.5. The summed E-state index contributed by atoms with van der Waals surface area (Å²) in [5, 5.41) is 11.5. The summed E-state index contributed by atoms with van der Waals surface area (Å²) in [6.07, 6.45) is 0. The van der Waals surface area contributed by atoms with Crippen molar-refractivity contribution in [3.05, 3.63) is 222 Å². The van der Waals surface area contributed by atoms with Crippen molar-refractivity contribution in [1.29, 1.82) is 0 Å². The molecule has 9 rings (SSSR count). The van der Waals surface area contributed by atoms with Crippen LogP contribution in [0.3, 0.4) is 0 Å². The number of benzene rings is 7. The van der Waals surface area contributed by atoms with E-state index >= 15 is 0 Å². The predicted octanol–water partition coefficient (Wildman–Crippen LogP) is 9.55. The highest BCUT2D eigenvalue weighted by atomic mass is 35.5. The van der Waals surface area contributed by atoms with Gasteiger partial charge in [0.2, 0.25) is 0 Å². The number of carbonyl (C=O) groups is 8. The molecule has 2 aliphatic rings. The van der Waals surface area contributed by atoms with Gasteiger partial charge in [0, 0.05) is 54.6 Å². The highest BCUT2D eigenvalue weighted by molar-refractivity contribution is 6.35. The Morgan fingerprint density at radius 1 is 0.312 bits per heavy atom. The molecule has 0 saturated heterocycles. The Bertz CT molecular complexity index is 3040. The molecule has 0 atom stereocenters. The van der Waals surface area contributed by atoms with Crippen molar-refractivity contribution in [1.82, 2.24) is 0 Å². The van der Waals surface area contributed by atoms with Crippen LogP contribution in [0.15, 0.2) is 146 Å². The standard InChI is InChI=1S/C50H28Cl2N4O8/c51-29-9-5-7-27(23-29)49(63)55-37-21-19-35(39-41(37)45(59)33-13-3-1-11-31(33)43(39)57)53-47(61)25-15-17-26(18-16-25)48(62)54-36-20-22-38(56-50(64)28-8-6-10-30(52)24-28)42-40(36)44(58)32-12-2-4-14-34(32)46(42)60/h1-24H,(H,53,61)(H,54,62)(H,55,63)(H,56,64). The highest BCUT2D eigenvalue weighted by Crippen LogP contribution is 2.39. The molecule has 310 valence electrons. The van der Waals surface area contributed by atoms with Gasteiger partial charge in [-0.1, -0.05) is 83.9 Å². The Labute approximate surface area is 373 Å². The summed E-state index contributed by atoms with van der Waals surface area (Å²) >= 11 is 12.2. The molecule has 0 radical (unpaired) electrons. The number of ketones is 4. The smallest absolute Gasteiger partial charge is 0.255 e. The minimum atomic E-state index is -0.684. The molecule has 14 heteroatoms. The van der Waals surface area contributed by atoms with Crippen LogP contribution < -0.4 is 21.3 Å². The lowest BCUT2D eigenvalue weighted by molar-refractivity contribution is 0.0977. The summed E-state index contributed by atoms with van der Waals surface area (Å²) in [5.74, 6) is -4.69. The van der Waals surface area contributed by atoms with Crippen LogP contribution in [0.25, 0.3) is 0 Å². The van der Waals surface area contributed by atoms with Crippen molar-refractivity contribution in [2.24, 2.45) is 0 Å². The van der Waals surface area contributed by atoms with Crippen molar-refractivity contribution in [3.8, 4) is 0 Å². The van der Waals surface area contributed by atoms with Gasteiger partial charge in [0.05, 0.1) is 45.0 Å². The van der Waals surface area contributed by atoms with Gasteiger partial charge in [-0.2, -0.15) is 0 Å². The first-order valence-corrected chi connectivity index (χ1v) is 20.2. The van der Waals surface area contributed by atoms with E-state index in [2.05, 4.69) is 21.3 Å². The molecular formula is C50H28Cl2N4O8. The molecular weight excluding hydrogens is 855 g/mol. The summed E-state index contributed by atoms with van der Waals surface area (Å²) in [6, 6.07) is 36.0. The first-order chi connectivity index (χ1) is 30.9. The fraction of sp³-hybridized carbons (Fsp3) is 0. The van der Waals surface area contributed by atoms with Crippen molar-refractivity contribution in [3.63, 3.8) is 0 Å². The Morgan fingerprint density at radius 3 is 0.844 bits per heavy atom. The monoisotopic (exact) mass is 882 g/mol. The molecule has 0 spiro atoms. The summed E-state index contributed by atoms with van der Waals surface area (Å²) < 4.78 is 0. The van der Waals surface area contributed by atoms with E-state index in [0.29, 0.717) is 10.0 Å². The van der Waals surface area contributed by atoms with E-state index in [1.807, 2.05) is 0 Å². The van der Waals surface area contributed by atoms with Gasteiger partial charge in [0.15, 0.2) is 23.1 Å². The molecule has 0 bridgehead atoms. The molecule has 64 heavy (non-hydrogen) atoms. The molecule has 7 aromatic carbocycles. The summed E-state index contributed by atoms with van der Waals surface area (Å²) in [4.78, 5) is 110. The molecule has 0 saturated carbocycles. The Hall–Kier alpha value is -8.32. The van der Waals surface area contributed by atoms with E-state index in [4.69, 9.17) is 23.2 Å². The maximum absolute atomic E-state index is 14.0. The van der Waals surface area contributed by atoms with E-state index in [1.165, 1.54) is 84.9 Å². The molecule has 7 aromatic rings. The zero-order chi connectivity index (χ0) is 44.8. The second kappa shape index (κ2) is 16.5. The van der Waals surface area contributed by atoms with Crippen LogP contribution in [0.1, 0.15) is 105 Å². The van der Waals surface area contributed by atoms with Gasteiger partial charge in [-0.25, -0.2) is 0 Å². The molecule has 4 N–H and O–H groups in total. The van der Waals surface area contributed by atoms with Crippen LogP contribution in [-0.2, 0) is 0 Å². The zero-order valence-electron chi connectivity index (χ0n) is 32.9. The SMILES string of the molecule is O=C(Nc1ccc(NC(=O)c2cccc(Cl)c2)c2c1C(=O)c1ccccc1C2=O)c1ccc(C(=O)Nc2ccc(NC(=O)c3cccc(Cl)c3)c3c2C(=O)c2ccccc2C3=O)cc1. The Kier molecular flexibility index (Phi) is 10.6. The second-order valence-electron chi connectivity index (χ2n) is 14.6. The van der Waals surface area contributed by atoms with Crippen LogP contribution in [0, 0.1) is 0 Å². The number of nitrogens with one attached hydrogen (secondary N) is 4. The molecule has 0 heterocycles. The summed E-state index contributed by atoms with van der Waals surface area (Å²) in [6.45, 7) is 0. The third-order valence-corrected chi connectivity index (χ3v) is 11.2. The molecule has 0 aliphatic heterocycles. The van der Waals surface area contributed by atoms with Gasteiger partial charge in [-0.3, -0.25) is 38.4 Å². The van der Waals surface area contributed by atoms with Crippen LogP contribution in [0.5, 0.6) is 0 Å². The number of halogens is 2. The van der Waals surface area contributed by atoms with Crippen molar-refractivity contribution >= 4 is 92.7 Å². The van der Waals surface area contributed by atoms with Gasteiger partial charge < -0.3 is 21.3 Å². The number of carbonyl (C=O) groups excluding carboxylic acids is 8. The molecule has 0 unspecified atom stereocenters. The van der Waals surface area contributed by atoms with E-state index in [1.54, 1.807) is 60.7 Å². The predicted molar refractivity (Wildman–Crippen MR) is 241 cm³/mol. The van der Waals surface area contributed by atoms with E-state index in [-0.39, 0.29) is 89.5 Å². The summed E-state index contributed by atoms with van der Waals surface area (Å²) in [5.41, 5.74) is 0.764. The van der Waals surface area contributed by atoms with Crippen molar-refractivity contribution in [2.45, 2.75) is 0 Å². The average Bonchev–Trinajstić information content (AvgIpc) is 3.30. The largest absolute Gasteiger partial charge is 0.321 e. The fourth-order valence-corrected chi connectivity index (χ4v) is 8.05. The molecule has 0 aromatic heterocycles. The van der Waals surface area contributed by atoms with Gasteiger partial charge in [0.25, 0.3) is 23.6 Å². The molecule has 12 nitrogen and oxygen atoms in total. The zero-order valence-corrected chi connectivity index (χ0v) is 34.4. The minimum absolute atomic E-state index is 0.00759. The van der Waals surface area contributed by atoms with E-state index in [9.17, 15) is 38.4 Å². The lowest BCUT2D eigenvalue weighted by Crippen LogP contribution is -2.26. The fourth-order valence-electron chi connectivity index (χ4n) is 7.67. The van der Waals surface area contributed by atoms with Crippen molar-refractivity contribution in [2.75, 3.05) is 21.3 Å². The molecule has 0 fully saturated rings. The number of hydrogen-bond donors (Lipinski definition) is 4. The lowest BCUT2D eigenvalue weighted by Gasteiger charge is -2.23. The topological polar surface area (TPSA) is 185 Å². The van der Waals surface area contributed by atoms with Crippen molar-refractivity contribution < 1.29 is 38.4 Å². The van der Waals surface area contributed by atoms with Crippen LogP contribution in [0.2, 0.25) is 10.0 Å². The van der Waals surface area contributed by atoms with Crippen LogP contribution in [-0.4, -0.2) is 46.8 Å². The van der Waals surface area contributed by atoms with Gasteiger partial charge in [0.1, 0.15) is 0 Å². The first-order valence-electron chi connectivity index (χ1n) is 19.5. The van der Waals surface area contributed by atoms with E-state index < -0.39 is 46.8 Å². The average molecular weight is 884 g/mol. The van der Waals surface area contributed by atoms with Gasteiger partial charge in [-0.05, 0) is 84.9 Å². The van der Waals surface area contributed by atoms with Gasteiger partial charge in [-0.15, -0.1) is 0 Å². The molecule has 4 amide bonds. The van der Waals surface area contributed by atoms with Gasteiger partial charge >= 0.3 is 0 Å². The maximum atomic E-state index is 14.0. The highest BCUT2D eigenvalue weighted by Gasteiger charge is 2.36. The van der Waals surface area contributed by atoms with Crippen LogP contribution >= 0.6 is 23.2 Å². The number of fused-ring (bicyclic) bond motifs is 4.